The van der Waals surface area contributed by atoms with Gasteiger partial charge in [0.25, 0.3) is 0 Å². The predicted molar refractivity (Wildman–Crippen MR) is 119 cm³/mol. The highest BCUT2D eigenvalue weighted by atomic mass is 35.5. The first-order chi connectivity index (χ1) is 13.4. The molecule has 0 aliphatic carbocycles. The van der Waals surface area contributed by atoms with Crippen molar-refractivity contribution in [2.24, 2.45) is 5.92 Å². The van der Waals surface area contributed by atoms with E-state index in [-0.39, 0.29) is 36.2 Å². The van der Waals surface area contributed by atoms with Crippen LogP contribution in [0.4, 0.5) is 5.69 Å². The molecule has 2 amide bonds. The van der Waals surface area contributed by atoms with Gasteiger partial charge in [-0.2, -0.15) is 0 Å². The van der Waals surface area contributed by atoms with Gasteiger partial charge in [0.05, 0.1) is 6.04 Å². The topological polar surface area (TPSA) is 70.2 Å². The molecule has 0 fully saturated rings. The molecular weight excluding hydrogens is 386 g/mol. The fourth-order valence-corrected chi connectivity index (χ4v) is 3.57. The van der Waals surface area contributed by atoms with E-state index in [1.807, 2.05) is 57.2 Å². The Bertz CT molecular complexity index is 854. The van der Waals surface area contributed by atoms with Crippen LogP contribution in [0.25, 0.3) is 0 Å². The van der Waals surface area contributed by atoms with Gasteiger partial charge in [0.2, 0.25) is 11.8 Å². The highest BCUT2D eigenvalue weighted by Crippen LogP contribution is 2.17. The number of carbonyl (C=O) groups excluding carboxylic acids is 2. The zero-order chi connectivity index (χ0) is 20.1. The Morgan fingerprint density at radius 3 is 2.52 bits per heavy atom. The van der Waals surface area contributed by atoms with Gasteiger partial charge in [0, 0.05) is 12.2 Å². The normalized spacial score (nSPS) is 16.3. The summed E-state index contributed by atoms with van der Waals surface area (Å²) in [5.74, 6) is -0.0167. The maximum absolute atomic E-state index is 12.9. The van der Waals surface area contributed by atoms with Gasteiger partial charge >= 0.3 is 0 Å². The van der Waals surface area contributed by atoms with Gasteiger partial charge < -0.3 is 16.0 Å². The van der Waals surface area contributed by atoms with Gasteiger partial charge in [0.1, 0.15) is 6.04 Å². The Morgan fingerprint density at radius 2 is 1.83 bits per heavy atom. The summed E-state index contributed by atoms with van der Waals surface area (Å²) >= 11 is 0. The smallest absolute Gasteiger partial charge is 0.246 e. The number of hydrogen-bond donors (Lipinski definition) is 3. The van der Waals surface area contributed by atoms with E-state index in [0.717, 1.165) is 11.3 Å². The standard InChI is InChI=1S/C23H29N3O2.ClH/c1-15(2)11-21(23(28)25-19-10-6-7-16(3)12-19)26-22(27)20-13-17-8-4-5-9-18(17)14-24-20;/h4-10,12,15,20-21,24H,11,13-14H2,1-3H3,(H,25,28)(H,26,27);1H/t20-,21+;/m0./s1. The van der Waals surface area contributed by atoms with Crippen molar-refractivity contribution in [3.63, 3.8) is 0 Å². The number of hydrogen-bond acceptors (Lipinski definition) is 3. The summed E-state index contributed by atoms with van der Waals surface area (Å²) in [5.41, 5.74) is 4.23. The van der Waals surface area contributed by atoms with Crippen LogP contribution in [-0.4, -0.2) is 23.9 Å². The molecule has 0 saturated heterocycles. The second-order valence-corrected chi connectivity index (χ2v) is 7.96. The van der Waals surface area contributed by atoms with Crippen LogP contribution in [0.3, 0.4) is 0 Å². The van der Waals surface area contributed by atoms with Gasteiger partial charge in [-0.1, -0.05) is 50.2 Å². The van der Waals surface area contributed by atoms with Crippen molar-refractivity contribution in [2.75, 3.05) is 5.32 Å². The Hall–Kier alpha value is -2.37. The third kappa shape index (κ3) is 6.31. The molecule has 6 heteroatoms. The van der Waals surface area contributed by atoms with E-state index in [1.165, 1.54) is 11.1 Å². The van der Waals surface area contributed by atoms with E-state index in [0.29, 0.717) is 19.4 Å². The molecule has 2 atom stereocenters. The predicted octanol–water partition coefficient (Wildman–Crippen LogP) is 3.60. The number of aryl methyl sites for hydroxylation is 1. The first-order valence-corrected chi connectivity index (χ1v) is 9.90. The van der Waals surface area contributed by atoms with Crippen molar-refractivity contribution >= 4 is 29.9 Å². The van der Waals surface area contributed by atoms with Gasteiger partial charge in [-0.3, -0.25) is 9.59 Å². The minimum absolute atomic E-state index is 0. The number of amides is 2. The van der Waals surface area contributed by atoms with Crippen molar-refractivity contribution in [2.45, 2.75) is 52.2 Å². The summed E-state index contributed by atoms with van der Waals surface area (Å²) < 4.78 is 0. The second-order valence-electron chi connectivity index (χ2n) is 7.96. The lowest BCUT2D eigenvalue weighted by Crippen LogP contribution is -2.53. The van der Waals surface area contributed by atoms with Crippen LogP contribution in [0.5, 0.6) is 0 Å². The Kier molecular flexibility index (Phi) is 8.23. The summed E-state index contributed by atoms with van der Waals surface area (Å²) in [6.07, 6.45) is 1.22. The van der Waals surface area contributed by atoms with Gasteiger partial charge in [-0.15, -0.1) is 12.4 Å². The van der Waals surface area contributed by atoms with Crippen LogP contribution in [0.1, 0.15) is 37.0 Å². The van der Waals surface area contributed by atoms with Crippen LogP contribution >= 0.6 is 12.4 Å². The highest BCUT2D eigenvalue weighted by molar-refractivity contribution is 5.98. The Balaban J connectivity index is 0.00000300. The first-order valence-electron chi connectivity index (χ1n) is 9.90. The Morgan fingerprint density at radius 1 is 1.10 bits per heavy atom. The van der Waals surface area contributed by atoms with Crippen molar-refractivity contribution in [1.29, 1.82) is 0 Å². The van der Waals surface area contributed by atoms with Gasteiger partial charge in [-0.25, -0.2) is 0 Å². The average molecular weight is 416 g/mol. The average Bonchev–Trinajstić information content (AvgIpc) is 2.66. The largest absolute Gasteiger partial charge is 0.343 e. The number of fused-ring (bicyclic) bond motifs is 1. The number of halogens is 1. The van der Waals surface area contributed by atoms with E-state index < -0.39 is 6.04 Å². The molecule has 0 bridgehead atoms. The van der Waals surface area contributed by atoms with E-state index in [9.17, 15) is 9.59 Å². The summed E-state index contributed by atoms with van der Waals surface area (Å²) in [6, 6.07) is 14.9. The van der Waals surface area contributed by atoms with E-state index in [4.69, 9.17) is 0 Å². The monoisotopic (exact) mass is 415 g/mol. The van der Waals surface area contributed by atoms with Crippen LogP contribution in [0, 0.1) is 12.8 Å². The van der Waals surface area contributed by atoms with Crippen molar-refractivity contribution < 1.29 is 9.59 Å². The maximum atomic E-state index is 12.9. The molecule has 1 aliphatic rings. The zero-order valence-corrected chi connectivity index (χ0v) is 18.0. The number of benzene rings is 2. The molecule has 29 heavy (non-hydrogen) atoms. The fraction of sp³-hybridized carbons (Fsp3) is 0.391. The molecule has 0 spiro atoms. The van der Waals surface area contributed by atoms with E-state index >= 15 is 0 Å². The van der Waals surface area contributed by atoms with Crippen molar-refractivity contribution in [3.05, 3.63) is 65.2 Å². The molecule has 156 valence electrons. The second kappa shape index (κ2) is 10.4. The minimum atomic E-state index is -0.563. The molecule has 0 unspecified atom stereocenters. The zero-order valence-electron chi connectivity index (χ0n) is 17.2. The minimum Gasteiger partial charge on any atom is -0.343 e. The third-order valence-corrected chi connectivity index (χ3v) is 5.02. The fourth-order valence-electron chi connectivity index (χ4n) is 3.57. The number of anilines is 1. The molecule has 1 heterocycles. The van der Waals surface area contributed by atoms with Crippen LogP contribution < -0.4 is 16.0 Å². The van der Waals surface area contributed by atoms with Gasteiger partial charge in [0.15, 0.2) is 0 Å². The molecule has 3 N–H and O–H groups in total. The molecule has 3 rings (SSSR count). The van der Waals surface area contributed by atoms with Crippen LogP contribution in [-0.2, 0) is 22.6 Å². The highest BCUT2D eigenvalue weighted by Gasteiger charge is 2.28. The number of nitrogens with one attached hydrogen (secondary N) is 3. The number of carbonyl (C=O) groups is 2. The number of rotatable bonds is 6. The summed E-state index contributed by atoms with van der Waals surface area (Å²) in [5, 5.41) is 9.19. The molecule has 2 aromatic rings. The van der Waals surface area contributed by atoms with Crippen LogP contribution in [0.15, 0.2) is 48.5 Å². The Labute approximate surface area is 179 Å². The maximum Gasteiger partial charge on any atom is 0.246 e. The van der Waals surface area contributed by atoms with E-state index in [1.54, 1.807) is 0 Å². The SMILES string of the molecule is Cc1cccc(NC(=O)[C@@H](CC(C)C)NC(=O)[C@@H]2Cc3ccccc3CN2)c1.Cl. The van der Waals surface area contributed by atoms with E-state index in [2.05, 4.69) is 28.1 Å². The summed E-state index contributed by atoms with van der Waals surface area (Å²) in [4.78, 5) is 25.7. The molecular formula is C23H30ClN3O2. The molecule has 0 aromatic heterocycles. The summed E-state index contributed by atoms with van der Waals surface area (Å²) in [6.45, 7) is 6.75. The van der Waals surface area contributed by atoms with Crippen LogP contribution in [0.2, 0.25) is 0 Å². The molecule has 2 aromatic carbocycles. The first kappa shape index (κ1) is 22.9. The molecule has 0 radical (unpaired) electrons. The van der Waals surface area contributed by atoms with Crippen molar-refractivity contribution in [1.82, 2.24) is 10.6 Å². The van der Waals surface area contributed by atoms with Gasteiger partial charge in [-0.05, 0) is 54.5 Å². The third-order valence-electron chi connectivity index (χ3n) is 5.02. The lowest BCUT2D eigenvalue weighted by molar-refractivity contribution is -0.128. The molecule has 5 nitrogen and oxygen atoms in total. The quantitative estimate of drug-likeness (QED) is 0.675. The molecule has 1 aliphatic heterocycles. The molecule has 0 saturated carbocycles. The van der Waals surface area contributed by atoms with Crippen molar-refractivity contribution in [3.8, 4) is 0 Å². The lowest BCUT2D eigenvalue weighted by Gasteiger charge is -2.28. The lowest BCUT2D eigenvalue weighted by atomic mass is 9.95. The summed E-state index contributed by atoms with van der Waals surface area (Å²) in [7, 11) is 0.